The summed E-state index contributed by atoms with van der Waals surface area (Å²) in [5, 5.41) is 8.82. The molecule has 0 aliphatic heterocycles. The van der Waals surface area contributed by atoms with Crippen molar-refractivity contribution in [2.24, 2.45) is 5.73 Å². The lowest BCUT2D eigenvalue weighted by molar-refractivity contribution is -0.161. The Hall–Kier alpha value is -2.04. The minimum Gasteiger partial charge on any atom is -0.480 e. The van der Waals surface area contributed by atoms with Crippen LogP contribution in [0.4, 0.5) is 0 Å². The quantitative estimate of drug-likeness (QED) is 0.0290. The number of carbonyl (C=O) groups is 3. The number of ether oxygens (including phenoxy) is 2. The third kappa shape index (κ3) is 29.1. The van der Waals surface area contributed by atoms with Crippen LogP contribution in [0, 0.1) is 0 Å². The predicted molar refractivity (Wildman–Crippen MR) is 176 cm³/mol. The molecule has 0 amide bonds. The second-order valence-corrected chi connectivity index (χ2v) is 12.8. The minimum absolute atomic E-state index is 0.146. The molecule has 262 valence electrons. The Kier molecular flexibility index (Phi) is 28.0. The first-order valence-electron chi connectivity index (χ1n) is 16.9. The zero-order chi connectivity index (χ0) is 33.6. The Balaban J connectivity index is 4.50. The number of hydrogen-bond donors (Lipinski definition) is 3. The van der Waals surface area contributed by atoms with Crippen LogP contribution in [0.2, 0.25) is 0 Å². The van der Waals surface area contributed by atoms with E-state index in [-0.39, 0.29) is 19.4 Å². The topological polar surface area (TPSA) is 172 Å². The largest absolute Gasteiger partial charge is 0.480 e. The molecule has 0 heterocycles. The molecular weight excluding hydrogens is 601 g/mol. The van der Waals surface area contributed by atoms with Gasteiger partial charge in [0, 0.05) is 12.8 Å². The van der Waals surface area contributed by atoms with Crippen molar-refractivity contribution in [1.82, 2.24) is 0 Å². The standard InChI is InChI=1S/C33H60NO10P/c1-3-5-7-9-11-12-13-14-15-16-17-19-21-23-25-32(36)44-29(27-42-45(39,40)43-28-30(34)33(37)38)26-41-31(35)24-22-20-18-10-8-6-4-2/h9,11,13-14,29-30H,3-8,10,12,15-28,34H2,1-2H3,(H,37,38)(H,39,40)/b11-9+,14-13+/t29-,30-/m0/s1. The number of allylic oxidation sites excluding steroid dienone is 4. The highest BCUT2D eigenvalue weighted by atomic mass is 31.2. The molecule has 0 bridgehead atoms. The van der Waals surface area contributed by atoms with Crippen molar-refractivity contribution in [3.05, 3.63) is 24.3 Å². The predicted octanol–water partition coefficient (Wildman–Crippen LogP) is 7.55. The van der Waals surface area contributed by atoms with Crippen molar-refractivity contribution in [2.45, 2.75) is 148 Å². The second-order valence-electron chi connectivity index (χ2n) is 11.3. The van der Waals surface area contributed by atoms with Crippen LogP contribution in [-0.2, 0) is 37.5 Å². The van der Waals surface area contributed by atoms with Crippen LogP contribution in [0.25, 0.3) is 0 Å². The van der Waals surface area contributed by atoms with E-state index in [4.69, 9.17) is 24.8 Å². The number of phosphoric ester groups is 1. The van der Waals surface area contributed by atoms with E-state index in [0.717, 1.165) is 64.2 Å². The Morgan fingerprint density at radius 2 is 1.20 bits per heavy atom. The first-order valence-corrected chi connectivity index (χ1v) is 18.4. The summed E-state index contributed by atoms with van der Waals surface area (Å²) in [5.41, 5.74) is 5.29. The van der Waals surface area contributed by atoms with E-state index in [0.29, 0.717) is 12.8 Å². The summed E-state index contributed by atoms with van der Waals surface area (Å²) in [6.45, 7) is 2.65. The number of hydrogen-bond acceptors (Lipinski definition) is 9. The van der Waals surface area contributed by atoms with Crippen molar-refractivity contribution >= 4 is 25.7 Å². The molecule has 45 heavy (non-hydrogen) atoms. The van der Waals surface area contributed by atoms with Gasteiger partial charge in [-0.1, -0.05) is 109 Å². The molecule has 0 fully saturated rings. The normalized spacial score (nSPS) is 14.4. The van der Waals surface area contributed by atoms with E-state index in [1.54, 1.807) is 0 Å². The summed E-state index contributed by atoms with van der Waals surface area (Å²) in [6.07, 6.45) is 25.6. The summed E-state index contributed by atoms with van der Waals surface area (Å²) >= 11 is 0. The SMILES string of the molecule is CCCC/C=C/C/C=C/CCCCCCCC(=O)O[C@@H](COC(=O)CCCCCCCCC)COP(=O)(O)OC[C@H](N)C(=O)O. The molecule has 0 spiro atoms. The van der Waals surface area contributed by atoms with Crippen LogP contribution in [0.1, 0.15) is 136 Å². The maximum atomic E-state index is 12.5. The van der Waals surface area contributed by atoms with Crippen LogP contribution < -0.4 is 5.73 Å². The van der Waals surface area contributed by atoms with Crippen LogP contribution in [0.5, 0.6) is 0 Å². The van der Waals surface area contributed by atoms with Gasteiger partial charge in [-0.2, -0.15) is 0 Å². The summed E-state index contributed by atoms with van der Waals surface area (Å²) in [5.74, 6) is -2.41. The van der Waals surface area contributed by atoms with Gasteiger partial charge >= 0.3 is 25.7 Å². The molecule has 0 radical (unpaired) electrons. The molecule has 0 rings (SSSR count). The Labute approximate surface area is 270 Å². The zero-order valence-corrected chi connectivity index (χ0v) is 28.6. The highest BCUT2D eigenvalue weighted by Gasteiger charge is 2.28. The number of esters is 2. The number of carbonyl (C=O) groups excluding carboxylic acids is 2. The fourth-order valence-corrected chi connectivity index (χ4v) is 4.97. The molecule has 0 aromatic carbocycles. The molecular formula is C33H60NO10P. The fraction of sp³-hybridized carbons (Fsp3) is 0.788. The van der Waals surface area contributed by atoms with Gasteiger partial charge < -0.3 is 25.2 Å². The van der Waals surface area contributed by atoms with Crippen molar-refractivity contribution in [3.63, 3.8) is 0 Å². The fourth-order valence-electron chi connectivity index (χ4n) is 4.20. The molecule has 11 nitrogen and oxygen atoms in total. The molecule has 0 aromatic heterocycles. The monoisotopic (exact) mass is 661 g/mol. The Bertz CT molecular complexity index is 880. The van der Waals surface area contributed by atoms with Crippen molar-refractivity contribution in [3.8, 4) is 0 Å². The summed E-state index contributed by atoms with van der Waals surface area (Å²) in [4.78, 5) is 45.4. The molecule has 0 aliphatic rings. The average molecular weight is 662 g/mol. The zero-order valence-electron chi connectivity index (χ0n) is 27.7. The van der Waals surface area contributed by atoms with E-state index < -0.39 is 51.1 Å². The molecule has 12 heteroatoms. The lowest BCUT2D eigenvalue weighted by Crippen LogP contribution is -2.34. The Morgan fingerprint density at radius 3 is 1.80 bits per heavy atom. The number of aliphatic carboxylic acids is 1. The van der Waals surface area contributed by atoms with Gasteiger partial charge in [0.05, 0.1) is 13.2 Å². The second kappa shape index (κ2) is 29.4. The highest BCUT2D eigenvalue weighted by molar-refractivity contribution is 7.47. The van der Waals surface area contributed by atoms with Crippen molar-refractivity contribution in [2.75, 3.05) is 19.8 Å². The molecule has 1 unspecified atom stereocenters. The first kappa shape index (κ1) is 43.0. The minimum atomic E-state index is -4.70. The summed E-state index contributed by atoms with van der Waals surface area (Å²) in [7, 11) is -4.70. The first-order chi connectivity index (χ1) is 21.6. The summed E-state index contributed by atoms with van der Waals surface area (Å²) < 4.78 is 32.3. The van der Waals surface area contributed by atoms with Crippen LogP contribution in [0.3, 0.4) is 0 Å². The molecule has 0 saturated heterocycles. The van der Waals surface area contributed by atoms with Crippen molar-refractivity contribution in [1.29, 1.82) is 0 Å². The smallest absolute Gasteiger partial charge is 0.472 e. The molecule has 3 atom stereocenters. The van der Waals surface area contributed by atoms with E-state index in [1.165, 1.54) is 32.1 Å². The van der Waals surface area contributed by atoms with Gasteiger partial charge in [-0.3, -0.25) is 23.4 Å². The van der Waals surface area contributed by atoms with Crippen LogP contribution in [0.15, 0.2) is 24.3 Å². The van der Waals surface area contributed by atoms with Crippen LogP contribution >= 0.6 is 7.82 Å². The van der Waals surface area contributed by atoms with Gasteiger partial charge in [0.2, 0.25) is 0 Å². The summed E-state index contributed by atoms with van der Waals surface area (Å²) in [6, 6.07) is -1.52. The molecule has 0 aromatic rings. The number of nitrogens with two attached hydrogens (primary N) is 1. The number of carboxylic acid groups (broad SMARTS) is 1. The third-order valence-corrected chi connectivity index (χ3v) is 7.90. The van der Waals surface area contributed by atoms with Gasteiger partial charge in [-0.25, -0.2) is 4.57 Å². The van der Waals surface area contributed by atoms with E-state index in [1.807, 2.05) is 0 Å². The van der Waals surface area contributed by atoms with Gasteiger partial charge in [0.1, 0.15) is 12.6 Å². The lowest BCUT2D eigenvalue weighted by atomic mass is 10.1. The van der Waals surface area contributed by atoms with Gasteiger partial charge in [-0.05, 0) is 38.5 Å². The number of rotatable bonds is 31. The van der Waals surface area contributed by atoms with Crippen molar-refractivity contribution < 1.29 is 47.5 Å². The van der Waals surface area contributed by atoms with E-state index in [9.17, 15) is 23.8 Å². The Morgan fingerprint density at radius 1 is 0.689 bits per heavy atom. The maximum Gasteiger partial charge on any atom is 0.472 e. The molecule has 0 saturated carbocycles. The number of unbranched alkanes of at least 4 members (excludes halogenated alkanes) is 13. The highest BCUT2D eigenvalue weighted by Crippen LogP contribution is 2.43. The van der Waals surface area contributed by atoms with Crippen LogP contribution in [-0.4, -0.2) is 59.9 Å². The molecule has 4 N–H and O–H groups in total. The van der Waals surface area contributed by atoms with Gasteiger partial charge in [-0.15, -0.1) is 0 Å². The van der Waals surface area contributed by atoms with Gasteiger partial charge in [0.25, 0.3) is 0 Å². The van der Waals surface area contributed by atoms with E-state index in [2.05, 4.69) is 42.7 Å². The van der Waals surface area contributed by atoms with Gasteiger partial charge in [0.15, 0.2) is 6.10 Å². The van der Waals surface area contributed by atoms with E-state index >= 15 is 0 Å². The maximum absolute atomic E-state index is 12.5. The molecule has 0 aliphatic carbocycles. The number of phosphoric acid groups is 1. The third-order valence-electron chi connectivity index (χ3n) is 6.95. The average Bonchev–Trinajstić information content (AvgIpc) is 3.00. The number of carboxylic acids is 1. The lowest BCUT2D eigenvalue weighted by Gasteiger charge is -2.20.